The summed E-state index contributed by atoms with van der Waals surface area (Å²) >= 11 is 1.51. The van der Waals surface area contributed by atoms with Gasteiger partial charge in [0.1, 0.15) is 0 Å². The van der Waals surface area contributed by atoms with E-state index in [0.29, 0.717) is 5.01 Å². The van der Waals surface area contributed by atoms with Crippen molar-refractivity contribution in [1.82, 2.24) is 9.88 Å². The van der Waals surface area contributed by atoms with Crippen molar-refractivity contribution in [2.24, 2.45) is 0 Å². The van der Waals surface area contributed by atoms with Gasteiger partial charge in [-0.15, -0.1) is 11.3 Å². The molecule has 4 rings (SSSR count). The second-order valence-corrected chi connectivity index (χ2v) is 6.98. The molecule has 0 spiro atoms. The minimum absolute atomic E-state index is 0.123. The van der Waals surface area contributed by atoms with Crippen LogP contribution >= 0.6 is 11.3 Å². The average molecular weight is 323 g/mol. The van der Waals surface area contributed by atoms with Crippen LogP contribution in [0.25, 0.3) is 10.8 Å². The number of hydrogen-bond acceptors (Lipinski definition) is 4. The van der Waals surface area contributed by atoms with Gasteiger partial charge in [-0.05, 0) is 30.0 Å². The first-order valence-corrected chi connectivity index (χ1v) is 8.48. The number of nitrogens with one attached hydrogen (secondary N) is 1. The van der Waals surface area contributed by atoms with Gasteiger partial charge in [0, 0.05) is 30.1 Å². The zero-order valence-electron chi connectivity index (χ0n) is 12.9. The highest BCUT2D eigenvalue weighted by Crippen LogP contribution is 2.25. The van der Waals surface area contributed by atoms with E-state index in [2.05, 4.69) is 28.3 Å². The molecule has 0 unspecified atom stereocenters. The maximum atomic E-state index is 12.5. The number of likely N-dealkylation sites (N-methyl/N-ethyl adjacent to an activating group) is 1. The SMILES string of the molecule is CN1CCc2nc(C(=O)Nc3ccc4ccccc4c3)sc2C1. The van der Waals surface area contributed by atoms with Gasteiger partial charge < -0.3 is 10.2 Å². The number of nitrogens with zero attached hydrogens (tertiary/aromatic N) is 2. The van der Waals surface area contributed by atoms with E-state index in [-0.39, 0.29) is 5.91 Å². The topological polar surface area (TPSA) is 45.2 Å². The molecule has 116 valence electrons. The minimum Gasteiger partial charge on any atom is -0.320 e. The van der Waals surface area contributed by atoms with Crippen LogP contribution in [0.15, 0.2) is 42.5 Å². The summed E-state index contributed by atoms with van der Waals surface area (Å²) in [7, 11) is 2.09. The summed E-state index contributed by atoms with van der Waals surface area (Å²) in [6, 6.07) is 14.1. The Balaban J connectivity index is 1.57. The highest BCUT2D eigenvalue weighted by Gasteiger charge is 2.21. The summed E-state index contributed by atoms with van der Waals surface area (Å²) in [5, 5.41) is 5.80. The van der Waals surface area contributed by atoms with Crippen LogP contribution < -0.4 is 5.32 Å². The quantitative estimate of drug-likeness (QED) is 0.784. The molecule has 2 heterocycles. The van der Waals surface area contributed by atoms with Gasteiger partial charge in [-0.1, -0.05) is 30.3 Å². The summed E-state index contributed by atoms with van der Waals surface area (Å²) in [6.45, 7) is 1.89. The fraction of sp³-hybridized carbons (Fsp3) is 0.222. The summed E-state index contributed by atoms with van der Waals surface area (Å²) in [5.74, 6) is -0.123. The lowest BCUT2D eigenvalue weighted by Gasteiger charge is -2.20. The normalized spacial score (nSPS) is 14.7. The Hall–Kier alpha value is -2.24. The smallest absolute Gasteiger partial charge is 0.284 e. The van der Waals surface area contributed by atoms with Crippen LogP contribution in [0.4, 0.5) is 5.69 Å². The third kappa shape index (κ3) is 2.85. The fourth-order valence-corrected chi connectivity index (χ4v) is 3.96. The van der Waals surface area contributed by atoms with Crippen molar-refractivity contribution in [1.29, 1.82) is 0 Å². The Bertz CT molecular complexity index is 887. The molecule has 0 atom stereocenters. The van der Waals surface area contributed by atoms with Gasteiger partial charge in [-0.3, -0.25) is 4.79 Å². The van der Waals surface area contributed by atoms with Crippen molar-refractivity contribution in [3.63, 3.8) is 0 Å². The molecule has 1 aromatic heterocycles. The Morgan fingerprint density at radius 2 is 2.04 bits per heavy atom. The number of benzene rings is 2. The van der Waals surface area contributed by atoms with Crippen molar-refractivity contribution in [3.05, 3.63) is 58.0 Å². The molecule has 23 heavy (non-hydrogen) atoms. The molecular formula is C18H17N3OS. The number of hydrogen-bond donors (Lipinski definition) is 1. The standard InChI is InChI=1S/C18H17N3OS/c1-21-9-8-15-16(11-21)23-18(20-15)17(22)19-14-7-6-12-4-2-3-5-13(12)10-14/h2-7,10H,8-9,11H2,1H3,(H,19,22). The van der Waals surface area contributed by atoms with E-state index in [0.717, 1.165) is 36.3 Å². The van der Waals surface area contributed by atoms with Gasteiger partial charge in [0.05, 0.1) is 5.69 Å². The summed E-state index contributed by atoms with van der Waals surface area (Å²) in [5.41, 5.74) is 1.88. The summed E-state index contributed by atoms with van der Waals surface area (Å²) in [4.78, 5) is 20.5. The zero-order valence-corrected chi connectivity index (χ0v) is 13.7. The molecule has 3 aromatic rings. The lowest BCUT2D eigenvalue weighted by Crippen LogP contribution is -2.25. The van der Waals surface area contributed by atoms with E-state index in [9.17, 15) is 4.79 Å². The zero-order chi connectivity index (χ0) is 15.8. The molecule has 5 heteroatoms. The first kappa shape index (κ1) is 14.4. The number of anilines is 1. The molecular weight excluding hydrogens is 306 g/mol. The highest BCUT2D eigenvalue weighted by atomic mass is 32.1. The lowest BCUT2D eigenvalue weighted by atomic mass is 10.1. The maximum Gasteiger partial charge on any atom is 0.284 e. The maximum absolute atomic E-state index is 12.5. The Morgan fingerprint density at radius 3 is 2.91 bits per heavy atom. The summed E-state index contributed by atoms with van der Waals surface area (Å²) in [6.07, 6.45) is 0.922. The van der Waals surface area contributed by atoms with Crippen LogP contribution in [-0.4, -0.2) is 29.4 Å². The molecule has 0 saturated carbocycles. The first-order chi connectivity index (χ1) is 11.2. The van der Waals surface area contributed by atoms with Crippen LogP contribution in [0.2, 0.25) is 0 Å². The molecule has 0 saturated heterocycles. The number of fused-ring (bicyclic) bond motifs is 2. The number of carbonyl (C=O) groups is 1. The number of thiazole rings is 1. The van der Waals surface area contributed by atoms with Crippen molar-refractivity contribution in [3.8, 4) is 0 Å². The van der Waals surface area contributed by atoms with Crippen molar-refractivity contribution < 1.29 is 4.79 Å². The van der Waals surface area contributed by atoms with Gasteiger partial charge >= 0.3 is 0 Å². The van der Waals surface area contributed by atoms with E-state index in [1.54, 1.807) is 0 Å². The third-order valence-electron chi connectivity index (χ3n) is 4.12. The van der Waals surface area contributed by atoms with Crippen LogP contribution in [0.1, 0.15) is 20.4 Å². The van der Waals surface area contributed by atoms with Crippen molar-refractivity contribution >= 4 is 33.7 Å². The van der Waals surface area contributed by atoms with E-state index in [4.69, 9.17) is 0 Å². The number of carbonyl (C=O) groups excluding carboxylic acids is 1. The van der Waals surface area contributed by atoms with Crippen molar-refractivity contribution in [2.75, 3.05) is 18.9 Å². The third-order valence-corrected chi connectivity index (χ3v) is 5.20. The molecule has 0 radical (unpaired) electrons. The van der Waals surface area contributed by atoms with Crippen LogP contribution in [0.5, 0.6) is 0 Å². The number of aromatic nitrogens is 1. The first-order valence-electron chi connectivity index (χ1n) is 7.66. The molecule has 2 aromatic carbocycles. The van der Waals surface area contributed by atoms with E-state index in [1.165, 1.54) is 21.6 Å². The predicted molar refractivity (Wildman–Crippen MR) is 94.1 cm³/mol. The second-order valence-electron chi connectivity index (χ2n) is 5.89. The van der Waals surface area contributed by atoms with E-state index >= 15 is 0 Å². The van der Waals surface area contributed by atoms with Crippen molar-refractivity contribution in [2.45, 2.75) is 13.0 Å². The Kier molecular flexibility index (Phi) is 3.59. The molecule has 0 bridgehead atoms. The molecule has 1 N–H and O–H groups in total. The molecule has 1 aliphatic heterocycles. The van der Waals surface area contributed by atoms with Crippen LogP contribution in [0.3, 0.4) is 0 Å². The molecule has 4 nitrogen and oxygen atoms in total. The Labute approximate surface area is 138 Å². The molecule has 1 aliphatic rings. The molecule has 1 amide bonds. The van der Waals surface area contributed by atoms with Gasteiger partial charge in [0.15, 0.2) is 5.01 Å². The number of rotatable bonds is 2. The summed E-state index contributed by atoms with van der Waals surface area (Å²) < 4.78 is 0. The average Bonchev–Trinajstić information content (AvgIpc) is 2.98. The lowest BCUT2D eigenvalue weighted by molar-refractivity contribution is 0.102. The van der Waals surface area contributed by atoms with Gasteiger partial charge in [-0.25, -0.2) is 4.98 Å². The van der Waals surface area contributed by atoms with Crippen LogP contribution in [0, 0.1) is 0 Å². The largest absolute Gasteiger partial charge is 0.320 e. The minimum atomic E-state index is -0.123. The fourth-order valence-electron chi connectivity index (χ4n) is 2.87. The second kappa shape index (κ2) is 5.76. The monoisotopic (exact) mass is 323 g/mol. The predicted octanol–water partition coefficient (Wildman–Crippen LogP) is 3.54. The van der Waals surface area contributed by atoms with Gasteiger partial charge in [0.2, 0.25) is 0 Å². The van der Waals surface area contributed by atoms with Crippen LogP contribution in [-0.2, 0) is 13.0 Å². The van der Waals surface area contributed by atoms with Gasteiger partial charge in [-0.2, -0.15) is 0 Å². The van der Waals surface area contributed by atoms with E-state index in [1.807, 2.05) is 36.4 Å². The van der Waals surface area contributed by atoms with Gasteiger partial charge in [0.25, 0.3) is 5.91 Å². The Morgan fingerprint density at radius 1 is 1.22 bits per heavy atom. The number of amides is 1. The molecule has 0 fully saturated rings. The van der Waals surface area contributed by atoms with E-state index < -0.39 is 0 Å². The highest BCUT2D eigenvalue weighted by molar-refractivity contribution is 7.13. The molecule has 0 aliphatic carbocycles.